The molecule has 6 heteroatoms. The van der Waals surface area contributed by atoms with Gasteiger partial charge in [0.15, 0.2) is 0 Å². The molecule has 96 valence electrons. The van der Waals surface area contributed by atoms with Crippen molar-refractivity contribution < 1.29 is 0 Å². The molecule has 3 nitrogen and oxygen atoms in total. The van der Waals surface area contributed by atoms with Crippen LogP contribution in [0.15, 0.2) is 36.2 Å². The Labute approximate surface area is 118 Å². The number of rotatable bonds is 6. The van der Waals surface area contributed by atoms with E-state index < -0.39 is 0 Å². The van der Waals surface area contributed by atoms with Gasteiger partial charge in [-0.3, -0.25) is 0 Å². The Hall–Kier alpha value is -0.550. The first kappa shape index (κ1) is 16.4. The van der Waals surface area contributed by atoms with Crippen LogP contribution in [0, 0.1) is 0 Å². The molecule has 0 unspecified atom stereocenters. The second-order valence-electron chi connectivity index (χ2n) is 3.41. The second kappa shape index (κ2) is 9.48. The van der Waals surface area contributed by atoms with Crippen LogP contribution in [0.2, 0.25) is 0 Å². The van der Waals surface area contributed by atoms with E-state index in [-0.39, 0.29) is 24.8 Å². The van der Waals surface area contributed by atoms with Crippen molar-refractivity contribution in [3.8, 4) is 0 Å². The summed E-state index contributed by atoms with van der Waals surface area (Å²) in [5.41, 5.74) is 0. The summed E-state index contributed by atoms with van der Waals surface area (Å²) in [5, 5.41) is 5.54. The zero-order chi connectivity index (χ0) is 10.3. The van der Waals surface area contributed by atoms with Gasteiger partial charge in [0.25, 0.3) is 0 Å². The predicted octanol–water partition coefficient (Wildman–Crippen LogP) is 2.97. The minimum Gasteiger partial charge on any atom is -0.337 e. The third-order valence-electron chi connectivity index (χ3n) is 2.21. The summed E-state index contributed by atoms with van der Waals surface area (Å²) >= 11 is 1.80. The molecule has 0 aliphatic carbocycles. The Bertz CT molecular complexity index is 326. The maximum Gasteiger partial charge on any atom is 0.0945 e. The highest BCUT2D eigenvalue weighted by molar-refractivity contribution is 7.09. The summed E-state index contributed by atoms with van der Waals surface area (Å²) < 4.78 is 2.10. The summed E-state index contributed by atoms with van der Waals surface area (Å²) in [5.74, 6) is 0. The molecule has 0 amide bonds. The first-order valence-electron chi connectivity index (χ1n) is 5.14. The molecular formula is C11H17Cl2N3S. The molecule has 0 saturated heterocycles. The van der Waals surface area contributed by atoms with Gasteiger partial charge in [0.05, 0.1) is 6.33 Å². The van der Waals surface area contributed by atoms with Gasteiger partial charge in [-0.05, 0) is 24.4 Å². The zero-order valence-electron chi connectivity index (χ0n) is 9.41. The lowest BCUT2D eigenvalue weighted by atomic mass is 10.4. The van der Waals surface area contributed by atoms with Gasteiger partial charge >= 0.3 is 0 Å². The van der Waals surface area contributed by atoms with E-state index in [1.54, 1.807) is 11.3 Å². The Kier molecular flexibility index (Phi) is 9.17. The van der Waals surface area contributed by atoms with Crippen molar-refractivity contribution >= 4 is 36.2 Å². The van der Waals surface area contributed by atoms with E-state index in [1.807, 2.05) is 18.7 Å². The summed E-state index contributed by atoms with van der Waals surface area (Å²) in [7, 11) is 0. The lowest BCUT2D eigenvalue weighted by molar-refractivity contribution is 0.583. The van der Waals surface area contributed by atoms with Gasteiger partial charge in [-0.2, -0.15) is 0 Å². The maximum absolute atomic E-state index is 4.01. The number of thiophene rings is 1. The number of nitrogens with one attached hydrogen (secondary N) is 1. The van der Waals surface area contributed by atoms with Crippen molar-refractivity contribution in [2.45, 2.75) is 19.5 Å². The van der Waals surface area contributed by atoms with E-state index in [9.17, 15) is 0 Å². The number of hydrogen-bond donors (Lipinski definition) is 1. The third kappa shape index (κ3) is 6.07. The van der Waals surface area contributed by atoms with E-state index >= 15 is 0 Å². The van der Waals surface area contributed by atoms with Gasteiger partial charge in [0, 0.05) is 30.4 Å². The average Bonchev–Trinajstić information content (AvgIpc) is 2.88. The fraction of sp³-hybridized carbons (Fsp3) is 0.364. The minimum atomic E-state index is 0. The predicted molar refractivity (Wildman–Crippen MR) is 77.4 cm³/mol. The van der Waals surface area contributed by atoms with Crippen molar-refractivity contribution in [1.82, 2.24) is 14.9 Å². The van der Waals surface area contributed by atoms with E-state index in [0.29, 0.717) is 0 Å². The molecule has 17 heavy (non-hydrogen) atoms. The lowest BCUT2D eigenvalue weighted by Crippen LogP contribution is -2.15. The Morgan fingerprint density at radius 1 is 1.35 bits per heavy atom. The molecule has 0 aliphatic heterocycles. The van der Waals surface area contributed by atoms with Gasteiger partial charge in [0.2, 0.25) is 0 Å². The molecule has 0 radical (unpaired) electrons. The maximum atomic E-state index is 4.01. The van der Waals surface area contributed by atoms with Crippen LogP contribution in [0.1, 0.15) is 11.3 Å². The molecule has 0 spiro atoms. The fourth-order valence-electron chi connectivity index (χ4n) is 1.43. The Morgan fingerprint density at radius 3 is 2.88 bits per heavy atom. The van der Waals surface area contributed by atoms with Crippen LogP contribution >= 0.6 is 36.2 Å². The largest absolute Gasteiger partial charge is 0.337 e. The SMILES string of the molecule is Cl.Cl.c1csc(CNCCCn2ccnc2)c1. The monoisotopic (exact) mass is 293 g/mol. The Morgan fingerprint density at radius 2 is 2.24 bits per heavy atom. The van der Waals surface area contributed by atoms with Gasteiger partial charge in [-0.25, -0.2) is 4.98 Å². The van der Waals surface area contributed by atoms with Crippen LogP contribution in [0.25, 0.3) is 0 Å². The zero-order valence-corrected chi connectivity index (χ0v) is 11.9. The molecule has 0 aromatic carbocycles. The molecule has 0 aliphatic rings. The second-order valence-corrected chi connectivity index (χ2v) is 4.44. The van der Waals surface area contributed by atoms with E-state index in [1.165, 1.54) is 4.88 Å². The first-order chi connectivity index (χ1) is 7.45. The lowest BCUT2D eigenvalue weighted by Gasteiger charge is -2.03. The van der Waals surface area contributed by atoms with Gasteiger partial charge in [0.1, 0.15) is 0 Å². The normalized spacial score (nSPS) is 9.41. The van der Waals surface area contributed by atoms with Crippen LogP contribution in [-0.4, -0.2) is 16.1 Å². The van der Waals surface area contributed by atoms with E-state index in [4.69, 9.17) is 0 Å². The first-order valence-corrected chi connectivity index (χ1v) is 6.02. The molecule has 2 heterocycles. The highest BCUT2D eigenvalue weighted by Crippen LogP contribution is 2.07. The number of imidazole rings is 1. The number of aryl methyl sites for hydroxylation is 1. The van der Waals surface area contributed by atoms with Crippen molar-refractivity contribution in [3.05, 3.63) is 41.1 Å². The van der Waals surface area contributed by atoms with Crippen molar-refractivity contribution in [2.24, 2.45) is 0 Å². The van der Waals surface area contributed by atoms with Crippen molar-refractivity contribution in [2.75, 3.05) is 6.54 Å². The quantitative estimate of drug-likeness (QED) is 0.830. The van der Waals surface area contributed by atoms with Crippen LogP contribution in [0.5, 0.6) is 0 Å². The topological polar surface area (TPSA) is 29.9 Å². The minimum absolute atomic E-state index is 0. The van der Waals surface area contributed by atoms with Gasteiger partial charge in [-0.15, -0.1) is 36.2 Å². The van der Waals surface area contributed by atoms with Crippen LogP contribution in [-0.2, 0) is 13.1 Å². The number of halogens is 2. The smallest absolute Gasteiger partial charge is 0.0945 e. The van der Waals surface area contributed by atoms with Gasteiger partial charge < -0.3 is 9.88 Å². The molecule has 1 N–H and O–H groups in total. The highest BCUT2D eigenvalue weighted by Gasteiger charge is 1.93. The summed E-state index contributed by atoms with van der Waals surface area (Å²) in [4.78, 5) is 5.41. The van der Waals surface area contributed by atoms with Crippen molar-refractivity contribution in [3.63, 3.8) is 0 Å². The van der Waals surface area contributed by atoms with Crippen LogP contribution in [0.4, 0.5) is 0 Å². The third-order valence-corrected chi connectivity index (χ3v) is 3.08. The van der Waals surface area contributed by atoms with Crippen molar-refractivity contribution in [1.29, 1.82) is 0 Å². The fourth-order valence-corrected chi connectivity index (χ4v) is 2.10. The molecule has 0 saturated carbocycles. The summed E-state index contributed by atoms with van der Waals surface area (Å²) in [6.07, 6.45) is 6.82. The van der Waals surface area contributed by atoms with E-state index in [0.717, 1.165) is 26.1 Å². The standard InChI is InChI=1S/C11H15N3S.2ClH/c1-3-11(15-8-1)9-12-4-2-6-14-7-5-13-10-14;;/h1,3,5,7-8,10,12H,2,4,6,9H2;2*1H. The number of nitrogens with zero attached hydrogens (tertiary/aromatic N) is 2. The molecule has 2 aromatic heterocycles. The molecule has 0 fully saturated rings. The highest BCUT2D eigenvalue weighted by atomic mass is 35.5. The average molecular weight is 294 g/mol. The van der Waals surface area contributed by atoms with Crippen LogP contribution < -0.4 is 5.32 Å². The van der Waals surface area contributed by atoms with E-state index in [2.05, 4.69) is 32.4 Å². The number of aromatic nitrogens is 2. The molecule has 0 bridgehead atoms. The Balaban J connectivity index is 0.00000128. The van der Waals surface area contributed by atoms with Gasteiger partial charge in [-0.1, -0.05) is 6.07 Å². The summed E-state index contributed by atoms with van der Waals surface area (Å²) in [6, 6.07) is 4.25. The number of hydrogen-bond acceptors (Lipinski definition) is 3. The van der Waals surface area contributed by atoms with Crippen LogP contribution in [0.3, 0.4) is 0 Å². The molecule has 2 rings (SSSR count). The molecule has 0 atom stereocenters. The molecular weight excluding hydrogens is 277 g/mol. The molecule has 2 aromatic rings. The summed E-state index contributed by atoms with van der Waals surface area (Å²) in [6.45, 7) is 3.08.